The molecule has 0 spiro atoms. The Labute approximate surface area is 154 Å². The number of nitrogens with zero attached hydrogens (tertiary/aromatic N) is 1. The van der Waals surface area contributed by atoms with Gasteiger partial charge in [-0.05, 0) is 0 Å². The van der Waals surface area contributed by atoms with E-state index in [1.165, 1.54) is 0 Å². The maximum atomic E-state index is 5.54. The molecular formula is C12H33NO9Si3. The molecule has 0 saturated heterocycles. The largest absolute Gasteiger partial charge is 0.514 e. The summed E-state index contributed by atoms with van der Waals surface area (Å²) in [5.41, 5.74) is 0. The molecule has 0 bridgehead atoms. The molecule has 0 amide bonds. The van der Waals surface area contributed by atoms with Crippen molar-refractivity contribution < 1.29 is 39.8 Å². The average molecular weight is 420 g/mol. The Balaban J connectivity index is 5.64. The number of hydrogen-bond acceptors (Lipinski definition) is 10. The Hall–Kier alpha value is 0.251. The second kappa shape index (κ2) is 11.9. The van der Waals surface area contributed by atoms with E-state index in [4.69, 9.17) is 39.8 Å². The molecular weight excluding hydrogens is 386 g/mol. The van der Waals surface area contributed by atoms with Gasteiger partial charge in [-0.2, -0.15) is 0 Å². The van der Waals surface area contributed by atoms with Crippen molar-refractivity contribution in [1.82, 2.24) is 4.90 Å². The van der Waals surface area contributed by atoms with Crippen molar-refractivity contribution in [2.45, 2.75) is 0 Å². The maximum absolute atomic E-state index is 5.54. The zero-order valence-electron chi connectivity index (χ0n) is 16.7. The van der Waals surface area contributed by atoms with Gasteiger partial charge in [0.15, 0.2) is 0 Å². The van der Waals surface area contributed by atoms with Crippen LogP contribution in [-0.2, 0) is 39.8 Å². The number of hydrogen-bond donors (Lipinski definition) is 0. The van der Waals surface area contributed by atoms with Gasteiger partial charge in [-0.1, -0.05) is 0 Å². The summed E-state index contributed by atoms with van der Waals surface area (Å²) in [7, 11) is 5.23. The molecule has 0 rings (SSSR count). The lowest BCUT2D eigenvalue weighted by Gasteiger charge is -2.37. The second-order valence-corrected chi connectivity index (χ2v) is 13.8. The van der Waals surface area contributed by atoms with Crippen LogP contribution >= 0.6 is 0 Å². The maximum Gasteiger partial charge on any atom is 0.514 e. The molecule has 0 aliphatic heterocycles. The van der Waals surface area contributed by atoms with Crippen LogP contribution in [0.1, 0.15) is 0 Å². The Kier molecular flexibility index (Phi) is 12.0. The summed E-state index contributed by atoms with van der Waals surface area (Å²) < 4.78 is 49.8. The zero-order chi connectivity index (χ0) is 19.6. The van der Waals surface area contributed by atoms with Crippen LogP contribution < -0.4 is 0 Å². The fraction of sp³-hybridized carbons (Fsp3) is 1.00. The quantitative estimate of drug-likeness (QED) is 0.325. The molecule has 0 N–H and O–H groups in total. The fourth-order valence-corrected chi connectivity index (χ4v) is 7.97. The van der Waals surface area contributed by atoms with Crippen LogP contribution in [0.5, 0.6) is 0 Å². The van der Waals surface area contributed by atoms with Gasteiger partial charge in [-0.15, -0.1) is 0 Å². The summed E-state index contributed by atoms with van der Waals surface area (Å²) in [6.45, 7) is 0. The first-order chi connectivity index (χ1) is 11.8. The van der Waals surface area contributed by atoms with Gasteiger partial charge < -0.3 is 39.8 Å². The predicted molar refractivity (Wildman–Crippen MR) is 96.8 cm³/mol. The predicted octanol–water partition coefficient (Wildman–Crippen LogP) is -0.460. The third kappa shape index (κ3) is 6.73. The Morgan fingerprint density at radius 2 is 0.560 bits per heavy atom. The van der Waals surface area contributed by atoms with Crippen LogP contribution in [-0.4, -0.2) is 114 Å². The van der Waals surface area contributed by atoms with Crippen LogP contribution in [0, 0.1) is 0 Å². The first-order valence-corrected chi connectivity index (χ1v) is 13.3. The highest BCUT2D eigenvalue weighted by atomic mass is 28.4. The van der Waals surface area contributed by atoms with E-state index in [-0.39, 0.29) is 0 Å². The molecule has 0 aromatic carbocycles. The Morgan fingerprint density at radius 3 is 0.680 bits per heavy atom. The molecule has 0 aliphatic carbocycles. The third-order valence-electron chi connectivity index (χ3n) is 4.05. The fourth-order valence-electron chi connectivity index (χ4n) is 2.32. The van der Waals surface area contributed by atoms with Crippen molar-refractivity contribution in [2.24, 2.45) is 0 Å². The summed E-state index contributed by atoms with van der Waals surface area (Å²) in [6, 6.07) is 0. The van der Waals surface area contributed by atoms with E-state index in [2.05, 4.69) is 0 Å². The normalized spacial score (nSPS) is 13.7. The first kappa shape index (κ1) is 25.3. The highest BCUT2D eigenvalue weighted by Gasteiger charge is 2.50. The SMILES string of the molecule is CO[Si](CN(C[Si](OC)(OC)OC)C[Si](OC)(OC)OC)(OC)OC. The molecule has 0 radical (unpaired) electrons. The molecule has 0 fully saturated rings. The molecule has 0 unspecified atom stereocenters. The molecule has 10 nitrogen and oxygen atoms in total. The monoisotopic (exact) mass is 419 g/mol. The van der Waals surface area contributed by atoms with Gasteiger partial charge in [-0.25, -0.2) is 0 Å². The van der Waals surface area contributed by atoms with E-state index in [1.807, 2.05) is 4.90 Å². The minimum absolute atomic E-state index is 0.353. The van der Waals surface area contributed by atoms with Crippen molar-refractivity contribution in [3.05, 3.63) is 0 Å². The van der Waals surface area contributed by atoms with E-state index in [0.29, 0.717) is 18.5 Å². The van der Waals surface area contributed by atoms with E-state index in [1.54, 1.807) is 64.0 Å². The minimum atomic E-state index is -2.92. The molecule has 0 heterocycles. The topological polar surface area (TPSA) is 86.3 Å². The summed E-state index contributed by atoms with van der Waals surface area (Å²) in [6.07, 6.45) is 1.06. The summed E-state index contributed by atoms with van der Waals surface area (Å²) in [4.78, 5) is 1.97. The molecule has 0 aromatic heterocycles. The van der Waals surface area contributed by atoms with E-state index in [9.17, 15) is 0 Å². The van der Waals surface area contributed by atoms with Crippen molar-refractivity contribution in [1.29, 1.82) is 0 Å². The van der Waals surface area contributed by atoms with Gasteiger partial charge in [-0.3, -0.25) is 4.90 Å². The zero-order valence-corrected chi connectivity index (χ0v) is 19.7. The molecule has 13 heteroatoms. The molecule has 0 atom stereocenters. The highest BCUT2D eigenvalue weighted by molar-refractivity contribution is 6.64. The highest BCUT2D eigenvalue weighted by Crippen LogP contribution is 2.17. The number of rotatable bonds is 15. The van der Waals surface area contributed by atoms with Gasteiger partial charge in [0.2, 0.25) is 0 Å². The van der Waals surface area contributed by atoms with Gasteiger partial charge in [0.05, 0.1) is 18.5 Å². The molecule has 152 valence electrons. The van der Waals surface area contributed by atoms with Gasteiger partial charge in [0, 0.05) is 64.0 Å². The lowest BCUT2D eigenvalue weighted by Crippen LogP contribution is -2.64. The van der Waals surface area contributed by atoms with Crippen LogP contribution in [0.2, 0.25) is 0 Å². The van der Waals surface area contributed by atoms with E-state index in [0.717, 1.165) is 0 Å². The Morgan fingerprint density at radius 1 is 0.400 bits per heavy atom. The van der Waals surface area contributed by atoms with Crippen LogP contribution in [0.4, 0.5) is 0 Å². The van der Waals surface area contributed by atoms with Crippen LogP contribution in [0.25, 0.3) is 0 Å². The molecule has 25 heavy (non-hydrogen) atoms. The Bertz CT molecular complexity index is 278. The van der Waals surface area contributed by atoms with Gasteiger partial charge >= 0.3 is 26.4 Å². The molecule has 0 aromatic rings. The third-order valence-corrected chi connectivity index (χ3v) is 12.2. The van der Waals surface area contributed by atoms with Crippen molar-refractivity contribution in [2.75, 3.05) is 82.5 Å². The second-order valence-electron chi connectivity index (χ2n) is 5.03. The summed E-state index contributed by atoms with van der Waals surface area (Å²) in [5, 5.41) is 0. The smallest absolute Gasteiger partial charge is 0.376 e. The molecule has 0 aliphatic rings. The summed E-state index contributed by atoms with van der Waals surface area (Å²) in [5.74, 6) is 0. The van der Waals surface area contributed by atoms with E-state index >= 15 is 0 Å². The minimum Gasteiger partial charge on any atom is -0.376 e. The lowest BCUT2D eigenvalue weighted by molar-refractivity contribution is 0.0723. The average Bonchev–Trinajstić information content (AvgIpc) is 2.68. The lowest BCUT2D eigenvalue weighted by atomic mass is 11.0. The first-order valence-electron chi connectivity index (χ1n) is 7.52. The van der Waals surface area contributed by atoms with Crippen molar-refractivity contribution in [3.8, 4) is 0 Å². The van der Waals surface area contributed by atoms with Crippen LogP contribution in [0.15, 0.2) is 0 Å². The van der Waals surface area contributed by atoms with E-state index < -0.39 is 26.4 Å². The van der Waals surface area contributed by atoms with Crippen molar-refractivity contribution in [3.63, 3.8) is 0 Å². The standard InChI is InChI=1S/C12H33NO9Si3/c1-14-23(15-2,16-3)10-13(11-24(17-4,18-5)19-6)12-25(20-7,21-8)22-9/h10-12H2,1-9H3. The van der Waals surface area contributed by atoms with Crippen molar-refractivity contribution >= 4 is 26.4 Å². The molecule has 0 saturated carbocycles. The van der Waals surface area contributed by atoms with Gasteiger partial charge in [0.25, 0.3) is 0 Å². The van der Waals surface area contributed by atoms with Crippen LogP contribution in [0.3, 0.4) is 0 Å². The van der Waals surface area contributed by atoms with Gasteiger partial charge in [0.1, 0.15) is 0 Å². The summed E-state index contributed by atoms with van der Waals surface area (Å²) >= 11 is 0.